The monoisotopic (exact) mass is 324 g/mol. The lowest BCUT2D eigenvalue weighted by molar-refractivity contribution is -0.305. The second kappa shape index (κ2) is 5.73. The van der Waals surface area contributed by atoms with Gasteiger partial charge in [-0.15, -0.1) is 11.8 Å². The molecule has 0 saturated carbocycles. The van der Waals surface area contributed by atoms with E-state index in [0.717, 1.165) is 5.56 Å². The molecule has 118 valence electrons. The molecule has 6 nitrogen and oxygen atoms in total. The molecule has 0 N–H and O–H groups in total. The van der Waals surface area contributed by atoms with Crippen LogP contribution in [0.4, 0.5) is 4.79 Å². The summed E-state index contributed by atoms with van der Waals surface area (Å²) < 4.78 is 28.3. The first kappa shape index (κ1) is 14.3. The number of carbonyl (C=O) groups excluding carboxylic acids is 1. The van der Waals surface area contributed by atoms with E-state index in [9.17, 15) is 4.79 Å². The van der Waals surface area contributed by atoms with Gasteiger partial charge < -0.3 is 23.7 Å². The van der Waals surface area contributed by atoms with Crippen molar-refractivity contribution in [3.8, 4) is 0 Å². The van der Waals surface area contributed by atoms with Gasteiger partial charge in [0, 0.05) is 5.56 Å². The molecule has 1 aromatic carbocycles. The largest absolute Gasteiger partial charge is 0.509 e. The minimum absolute atomic E-state index is 0.266. The van der Waals surface area contributed by atoms with Crippen molar-refractivity contribution in [2.45, 2.75) is 36.1 Å². The highest BCUT2D eigenvalue weighted by atomic mass is 32.2. The Kier molecular flexibility index (Phi) is 3.73. The van der Waals surface area contributed by atoms with E-state index in [-0.39, 0.29) is 17.6 Å². The van der Waals surface area contributed by atoms with Crippen LogP contribution in [0.5, 0.6) is 0 Å². The highest BCUT2D eigenvalue weighted by Gasteiger charge is 2.56. The minimum atomic E-state index is -0.662. The average Bonchev–Trinajstić information content (AvgIpc) is 2.96. The summed E-state index contributed by atoms with van der Waals surface area (Å²) in [5.41, 5.74) is 0.660. The molecule has 0 spiro atoms. The van der Waals surface area contributed by atoms with Gasteiger partial charge in [0.15, 0.2) is 18.5 Å². The number of hydrogen-bond donors (Lipinski definition) is 0. The number of thioether (sulfide) groups is 1. The number of ether oxygens (including phenoxy) is 5. The molecular formula is C15H16O6S. The first-order valence-electron chi connectivity index (χ1n) is 7.14. The van der Waals surface area contributed by atoms with Gasteiger partial charge in [-0.2, -0.15) is 0 Å². The Labute approximate surface area is 132 Å². The Hall–Kier alpha value is -1.28. The summed E-state index contributed by atoms with van der Waals surface area (Å²) in [6, 6.07) is 9.67. The van der Waals surface area contributed by atoms with Crippen molar-refractivity contribution in [3.63, 3.8) is 0 Å². The maximum atomic E-state index is 11.5. The molecule has 1 aromatic rings. The summed E-state index contributed by atoms with van der Waals surface area (Å²) in [6.45, 7) is 0.391. The summed E-state index contributed by atoms with van der Waals surface area (Å²) in [5, 5.41) is 0. The number of benzene rings is 1. The van der Waals surface area contributed by atoms with Crippen LogP contribution in [-0.4, -0.2) is 48.9 Å². The Morgan fingerprint density at radius 2 is 1.82 bits per heavy atom. The Morgan fingerprint density at radius 1 is 1.05 bits per heavy atom. The molecule has 7 heteroatoms. The Balaban J connectivity index is 1.56. The van der Waals surface area contributed by atoms with Crippen molar-refractivity contribution in [1.82, 2.24) is 0 Å². The molecule has 0 bridgehead atoms. The van der Waals surface area contributed by atoms with Crippen LogP contribution < -0.4 is 0 Å². The zero-order valence-corrected chi connectivity index (χ0v) is 12.7. The van der Waals surface area contributed by atoms with Crippen LogP contribution >= 0.6 is 11.8 Å². The molecule has 6 atom stereocenters. The Morgan fingerprint density at radius 3 is 2.59 bits per heavy atom. The molecule has 3 aliphatic heterocycles. The number of rotatable bonds is 2. The van der Waals surface area contributed by atoms with Crippen LogP contribution in [0.3, 0.4) is 0 Å². The normalized spacial score (nSPS) is 40.3. The van der Waals surface area contributed by atoms with Gasteiger partial charge in [0.25, 0.3) is 0 Å². The maximum absolute atomic E-state index is 11.5. The molecular weight excluding hydrogens is 308 g/mol. The third-order valence-electron chi connectivity index (χ3n) is 4.05. The lowest BCUT2D eigenvalue weighted by Gasteiger charge is -2.44. The van der Waals surface area contributed by atoms with Gasteiger partial charge in [-0.3, -0.25) is 0 Å². The standard InChI is InChI=1S/C15H16O6S/c1-22-14-12-11(20-15(16)21-12)10-9(18-14)7-17-13(19-10)8-5-3-2-4-6-8/h2-6,9-14H,7H2,1H3/t9-,10-,11+,12-,13?,14+/m1/s1. The van der Waals surface area contributed by atoms with E-state index in [4.69, 9.17) is 23.7 Å². The lowest BCUT2D eigenvalue weighted by atomic mass is 9.99. The molecule has 0 amide bonds. The van der Waals surface area contributed by atoms with E-state index in [1.54, 1.807) is 0 Å². The maximum Gasteiger partial charge on any atom is 0.509 e. The molecule has 0 radical (unpaired) electrons. The molecule has 3 heterocycles. The van der Waals surface area contributed by atoms with Gasteiger partial charge >= 0.3 is 6.16 Å². The predicted molar refractivity (Wildman–Crippen MR) is 77.3 cm³/mol. The molecule has 4 rings (SSSR count). The van der Waals surface area contributed by atoms with Crippen LogP contribution in [0.25, 0.3) is 0 Å². The second-order valence-corrected chi connectivity index (χ2v) is 6.31. The molecule has 3 fully saturated rings. The average molecular weight is 324 g/mol. The fourth-order valence-corrected chi connectivity index (χ4v) is 3.76. The third-order valence-corrected chi connectivity index (χ3v) is 4.90. The summed E-state index contributed by atoms with van der Waals surface area (Å²) in [7, 11) is 0. The van der Waals surface area contributed by atoms with Crippen LogP contribution in [-0.2, 0) is 23.7 Å². The summed E-state index contributed by atoms with van der Waals surface area (Å²) >= 11 is 1.49. The van der Waals surface area contributed by atoms with Crippen molar-refractivity contribution in [1.29, 1.82) is 0 Å². The number of fused-ring (bicyclic) bond motifs is 3. The predicted octanol–water partition coefficient (Wildman–Crippen LogP) is 2.09. The van der Waals surface area contributed by atoms with Crippen molar-refractivity contribution in [3.05, 3.63) is 35.9 Å². The fourth-order valence-electron chi connectivity index (χ4n) is 3.03. The van der Waals surface area contributed by atoms with E-state index >= 15 is 0 Å². The first-order chi connectivity index (χ1) is 10.8. The van der Waals surface area contributed by atoms with Crippen molar-refractivity contribution in [2.24, 2.45) is 0 Å². The lowest BCUT2D eigenvalue weighted by Crippen LogP contribution is -2.59. The van der Waals surface area contributed by atoms with Crippen LogP contribution in [0.2, 0.25) is 0 Å². The Bertz CT molecular complexity index is 552. The zero-order valence-electron chi connectivity index (χ0n) is 11.9. The first-order valence-corrected chi connectivity index (χ1v) is 8.42. The SMILES string of the molecule is CS[C@@H]1O[C@@H]2COC(c3ccccc3)O[C@H]2[C@@H]2OC(=O)O[C@H]21. The quantitative estimate of drug-likeness (QED) is 0.772. The van der Waals surface area contributed by atoms with E-state index in [2.05, 4.69) is 0 Å². The van der Waals surface area contributed by atoms with E-state index < -0.39 is 24.7 Å². The van der Waals surface area contributed by atoms with Gasteiger partial charge in [-0.05, 0) is 6.26 Å². The van der Waals surface area contributed by atoms with E-state index in [0.29, 0.717) is 6.61 Å². The molecule has 0 aliphatic carbocycles. The van der Waals surface area contributed by atoms with Gasteiger partial charge in [0.2, 0.25) is 0 Å². The van der Waals surface area contributed by atoms with Crippen molar-refractivity contribution >= 4 is 17.9 Å². The van der Waals surface area contributed by atoms with Gasteiger partial charge in [-0.25, -0.2) is 4.79 Å². The van der Waals surface area contributed by atoms with Crippen LogP contribution in [0.1, 0.15) is 11.9 Å². The highest BCUT2D eigenvalue weighted by Crippen LogP contribution is 2.40. The summed E-state index contributed by atoms with van der Waals surface area (Å²) in [6.07, 6.45) is -0.809. The molecule has 0 aromatic heterocycles. The highest BCUT2D eigenvalue weighted by molar-refractivity contribution is 7.99. The fraction of sp³-hybridized carbons (Fsp3) is 0.533. The second-order valence-electron chi connectivity index (χ2n) is 5.37. The molecule has 3 saturated heterocycles. The summed E-state index contributed by atoms with van der Waals surface area (Å²) in [4.78, 5) is 11.5. The molecule has 1 unspecified atom stereocenters. The van der Waals surface area contributed by atoms with Crippen molar-refractivity contribution in [2.75, 3.05) is 12.9 Å². The van der Waals surface area contributed by atoms with E-state index in [1.165, 1.54) is 11.8 Å². The van der Waals surface area contributed by atoms with Gasteiger partial charge in [0.1, 0.15) is 17.6 Å². The van der Waals surface area contributed by atoms with Crippen molar-refractivity contribution < 1.29 is 28.5 Å². The molecule has 3 aliphatic rings. The van der Waals surface area contributed by atoms with Gasteiger partial charge in [-0.1, -0.05) is 30.3 Å². The number of hydrogen-bond acceptors (Lipinski definition) is 7. The smallest absolute Gasteiger partial charge is 0.424 e. The number of carbonyl (C=O) groups is 1. The topological polar surface area (TPSA) is 63.2 Å². The summed E-state index contributed by atoms with van der Waals surface area (Å²) in [5.74, 6) is 0. The minimum Gasteiger partial charge on any atom is -0.424 e. The third kappa shape index (κ3) is 2.38. The zero-order chi connectivity index (χ0) is 15.1. The van der Waals surface area contributed by atoms with E-state index in [1.807, 2.05) is 36.6 Å². The van der Waals surface area contributed by atoms with Gasteiger partial charge in [0.05, 0.1) is 6.61 Å². The van der Waals surface area contributed by atoms with Crippen LogP contribution in [0, 0.1) is 0 Å². The van der Waals surface area contributed by atoms with Crippen LogP contribution in [0.15, 0.2) is 30.3 Å². The molecule has 22 heavy (non-hydrogen) atoms.